The Morgan fingerprint density at radius 2 is 2.17 bits per heavy atom. The molecular formula is C15H14BrN3O4S. The molecule has 0 aliphatic rings. The molecule has 1 aromatic carbocycles. The number of halogens is 1. The summed E-state index contributed by atoms with van der Waals surface area (Å²) in [5, 5.41) is 15.0. The fourth-order valence-electron chi connectivity index (χ4n) is 1.78. The maximum absolute atomic E-state index is 11.8. The fourth-order valence-corrected chi connectivity index (χ4v) is 3.11. The summed E-state index contributed by atoms with van der Waals surface area (Å²) in [6, 6.07) is 8.31. The van der Waals surface area contributed by atoms with Gasteiger partial charge >= 0.3 is 5.69 Å². The maximum atomic E-state index is 11.8. The van der Waals surface area contributed by atoms with Crippen LogP contribution < -0.4 is 10.2 Å². The Hall–Kier alpha value is -2.26. The number of carbonyl (C=O) groups excluding carboxylic acids is 1. The summed E-state index contributed by atoms with van der Waals surface area (Å²) in [5.74, 6) is -0.455. The van der Waals surface area contributed by atoms with Crippen molar-refractivity contribution in [1.82, 2.24) is 5.43 Å². The molecule has 1 N–H and O–H groups in total. The van der Waals surface area contributed by atoms with Gasteiger partial charge in [-0.25, -0.2) is 5.43 Å². The second-order valence-electron chi connectivity index (χ2n) is 4.85. The lowest BCUT2D eigenvalue weighted by Crippen LogP contribution is -2.25. The van der Waals surface area contributed by atoms with E-state index in [1.54, 1.807) is 19.9 Å². The van der Waals surface area contributed by atoms with E-state index in [-0.39, 0.29) is 18.0 Å². The molecule has 9 heteroatoms. The van der Waals surface area contributed by atoms with Crippen LogP contribution in [-0.4, -0.2) is 23.1 Å². The average Bonchev–Trinajstić information content (AvgIpc) is 2.97. The maximum Gasteiger partial charge on any atom is 0.311 e. The Balaban J connectivity index is 1.95. The van der Waals surface area contributed by atoms with E-state index >= 15 is 0 Å². The Labute approximate surface area is 150 Å². The van der Waals surface area contributed by atoms with Gasteiger partial charge in [-0.15, -0.1) is 11.3 Å². The van der Waals surface area contributed by atoms with Crippen LogP contribution in [0.1, 0.15) is 17.4 Å². The van der Waals surface area contributed by atoms with E-state index in [4.69, 9.17) is 4.74 Å². The molecule has 1 heterocycles. The molecular weight excluding hydrogens is 398 g/mol. The van der Waals surface area contributed by atoms with Crippen molar-refractivity contribution in [2.45, 2.75) is 13.8 Å². The molecule has 0 fully saturated rings. The summed E-state index contributed by atoms with van der Waals surface area (Å²) in [6.45, 7) is 3.14. The van der Waals surface area contributed by atoms with Gasteiger partial charge in [0.15, 0.2) is 12.4 Å². The van der Waals surface area contributed by atoms with Gasteiger partial charge in [-0.3, -0.25) is 14.9 Å². The number of nitrogens with one attached hydrogen (secondary N) is 1. The van der Waals surface area contributed by atoms with Crippen LogP contribution in [0.4, 0.5) is 5.69 Å². The third-order valence-corrected chi connectivity index (χ3v) is 4.68. The minimum Gasteiger partial charge on any atom is -0.477 e. The second-order valence-corrected chi connectivity index (χ2v) is 7.32. The molecule has 0 aliphatic heterocycles. The van der Waals surface area contributed by atoms with Gasteiger partial charge in [0.05, 0.1) is 19.3 Å². The summed E-state index contributed by atoms with van der Waals surface area (Å²) in [5.41, 5.74) is 3.58. The number of rotatable bonds is 6. The van der Waals surface area contributed by atoms with E-state index in [1.165, 1.54) is 23.5 Å². The molecule has 0 aliphatic carbocycles. The first kappa shape index (κ1) is 18.1. The number of carbonyl (C=O) groups is 1. The minimum absolute atomic E-state index is 0.0450. The monoisotopic (exact) mass is 411 g/mol. The normalized spacial score (nSPS) is 11.2. The number of nitrogens with zero attached hydrogens (tertiary/aromatic N) is 2. The van der Waals surface area contributed by atoms with Gasteiger partial charge in [-0.2, -0.15) is 5.10 Å². The predicted molar refractivity (Wildman–Crippen MR) is 95.7 cm³/mol. The second kappa shape index (κ2) is 8.02. The van der Waals surface area contributed by atoms with Crippen molar-refractivity contribution in [3.63, 3.8) is 0 Å². The van der Waals surface area contributed by atoms with Crippen molar-refractivity contribution in [2.75, 3.05) is 6.61 Å². The molecule has 7 nitrogen and oxygen atoms in total. The zero-order valence-corrected chi connectivity index (χ0v) is 15.3. The lowest BCUT2D eigenvalue weighted by molar-refractivity contribution is -0.385. The average molecular weight is 412 g/mol. The number of hydrazone groups is 1. The number of hydrogen-bond acceptors (Lipinski definition) is 6. The largest absolute Gasteiger partial charge is 0.477 e. The zero-order chi connectivity index (χ0) is 17.7. The number of hydrogen-bond donors (Lipinski definition) is 1. The van der Waals surface area contributed by atoms with Gasteiger partial charge in [0.1, 0.15) is 0 Å². The highest BCUT2D eigenvalue weighted by Crippen LogP contribution is 2.27. The predicted octanol–water partition coefficient (Wildman–Crippen LogP) is 3.65. The number of nitro groups is 1. The molecule has 0 atom stereocenters. The van der Waals surface area contributed by atoms with E-state index in [1.807, 2.05) is 12.1 Å². The molecule has 0 spiro atoms. The van der Waals surface area contributed by atoms with E-state index in [0.717, 1.165) is 14.2 Å². The third kappa shape index (κ3) is 4.87. The van der Waals surface area contributed by atoms with Crippen molar-refractivity contribution in [3.8, 4) is 5.75 Å². The summed E-state index contributed by atoms with van der Waals surface area (Å²) in [7, 11) is 0. The molecule has 24 heavy (non-hydrogen) atoms. The summed E-state index contributed by atoms with van der Waals surface area (Å²) in [4.78, 5) is 23.1. The number of ether oxygens (including phenoxy) is 1. The van der Waals surface area contributed by atoms with Crippen molar-refractivity contribution >= 4 is 44.6 Å². The lowest BCUT2D eigenvalue weighted by atomic mass is 10.2. The molecule has 126 valence electrons. The van der Waals surface area contributed by atoms with Crippen LogP contribution in [0.5, 0.6) is 5.75 Å². The number of aryl methyl sites for hydroxylation is 1. The Kier molecular flexibility index (Phi) is 6.04. The van der Waals surface area contributed by atoms with E-state index in [2.05, 4.69) is 26.5 Å². The fraction of sp³-hybridized carbons (Fsp3) is 0.200. The first-order chi connectivity index (χ1) is 11.4. The molecule has 1 aromatic heterocycles. The quantitative estimate of drug-likeness (QED) is 0.445. The van der Waals surface area contributed by atoms with Gasteiger partial charge < -0.3 is 4.74 Å². The van der Waals surface area contributed by atoms with Crippen molar-refractivity contribution in [3.05, 3.63) is 54.7 Å². The number of benzene rings is 1. The topological polar surface area (TPSA) is 93.8 Å². The number of nitro benzene ring substituents is 1. The van der Waals surface area contributed by atoms with Crippen LogP contribution in [-0.2, 0) is 4.79 Å². The Morgan fingerprint density at radius 3 is 2.79 bits per heavy atom. The highest BCUT2D eigenvalue weighted by atomic mass is 79.9. The molecule has 0 bridgehead atoms. The molecule has 2 rings (SSSR count). The van der Waals surface area contributed by atoms with Gasteiger partial charge in [-0.1, -0.05) is 6.07 Å². The molecule has 2 aromatic rings. The summed E-state index contributed by atoms with van der Waals surface area (Å²) in [6.07, 6.45) is 0. The number of amides is 1. The highest BCUT2D eigenvalue weighted by Gasteiger charge is 2.16. The smallest absolute Gasteiger partial charge is 0.311 e. The molecule has 0 radical (unpaired) electrons. The van der Waals surface area contributed by atoms with Gasteiger partial charge in [0, 0.05) is 6.07 Å². The van der Waals surface area contributed by atoms with Crippen LogP contribution in [0.2, 0.25) is 0 Å². The highest BCUT2D eigenvalue weighted by molar-refractivity contribution is 9.11. The lowest BCUT2D eigenvalue weighted by Gasteiger charge is -2.06. The third-order valence-electron chi connectivity index (χ3n) is 2.95. The van der Waals surface area contributed by atoms with Crippen LogP contribution in [0.3, 0.4) is 0 Å². The molecule has 0 saturated carbocycles. The Morgan fingerprint density at radius 1 is 1.42 bits per heavy atom. The van der Waals surface area contributed by atoms with Crippen LogP contribution in [0.15, 0.2) is 39.2 Å². The van der Waals surface area contributed by atoms with Crippen molar-refractivity contribution in [1.29, 1.82) is 0 Å². The van der Waals surface area contributed by atoms with Gasteiger partial charge in [0.2, 0.25) is 0 Å². The van der Waals surface area contributed by atoms with Gasteiger partial charge in [-0.05, 0) is 53.5 Å². The standard InChI is InChI=1S/C15H14BrN3O4S/c1-9-3-4-12(11(7-9)19(21)22)23-8-15(20)18-17-10(2)13-5-6-14(16)24-13/h3-7H,8H2,1-2H3,(H,18,20)/b17-10-. The summed E-state index contributed by atoms with van der Waals surface area (Å²) >= 11 is 4.85. The minimum atomic E-state index is -0.544. The SMILES string of the molecule is C/C(=N/NC(=O)COc1ccc(C)cc1[N+](=O)[O-])c1ccc(Br)s1. The van der Waals surface area contributed by atoms with Crippen LogP contribution in [0.25, 0.3) is 0 Å². The van der Waals surface area contributed by atoms with Crippen LogP contribution in [0, 0.1) is 17.0 Å². The zero-order valence-electron chi connectivity index (χ0n) is 12.9. The number of thiophene rings is 1. The summed E-state index contributed by atoms with van der Waals surface area (Å²) < 4.78 is 6.20. The van der Waals surface area contributed by atoms with Gasteiger partial charge in [0.25, 0.3) is 5.91 Å². The Bertz CT molecular complexity index is 804. The first-order valence-electron chi connectivity index (χ1n) is 6.83. The molecule has 0 unspecified atom stereocenters. The van der Waals surface area contributed by atoms with Crippen molar-refractivity contribution in [2.24, 2.45) is 5.10 Å². The van der Waals surface area contributed by atoms with Crippen molar-refractivity contribution < 1.29 is 14.5 Å². The van der Waals surface area contributed by atoms with E-state index < -0.39 is 10.8 Å². The first-order valence-corrected chi connectivity index (χ1v) is 8.44. The molecule has 1 amide bonds. The van der Waals surface area contributed by atoms with E-state index in [9.17, 15) is 14.9 Å². The molecule has 0 saturated heterocycles. The van der Waals surface area contributed by atoms with Crippen LogP contribution >= 0.6 is 27.3 Å². The van der Waals surface area contributed by atoms with E-state index in [0.29, 0.717) is 5.71 Å².